The Kier molecular flexibility index (Phi) is 5.15. The van der Waals surface area contributed by atoms with Crippen molar-refractivity contribution < 1.29 is 0 Å². The minimum Gasteiger partial charge on any atom is -0.359 e. The van der Waals surface area contributed by atoms with Crippen molar-refractivity contribution in [2.75, 3.05) is 5.32 Å². The SMILES string of the molecule is CCC(NC(=S)Nc1nc(C)cs1)C(C)C. The van der Waals surface area contributed by atoms with Crippen LogP contribution in [0.25, 0.3) is 0 Å². The monoisotopic (exact) mass is 257 g/mol. The van der Waals surface area contributed by atoms with Gasteiger partial charge in [0.15, 0.2) is 10.2 Å². The number of hydrogen-bond donors (Lipinski definition) is 2. The maximum absolute atomic E-state index is 5.25. The minimum absolute atomic E-state index is 0.418. The molecule has 0 spiro atoms. The first-order chi connectivity index (χ1) is 7.52. The molecule has 1 atom stereocenters. The number of aryl methyl sites for hydroxylation is 1. The van der Waals surface area contributed by atoms with E-state index in [1.54, 1.807) is 11.3 Å². The highest BCUT2D eigenvalue weighted by Gasteiger charge is 2.12. The van der Waals surface area contributed by atoms with Crippen molar-refractivity contribution in [3.8, 4) is 0 Å². The van der Waals surface area contributed by atoms with Gasteiger partial charge in [-0.25, -0.2) is 4.98 Å². The van der Waals surface area contributed by atoms with Crippen LogP contribution in [0, 0.1) is 12.8 Å². The van der Waals surface area contributed by atoms with Gasteiger partial charge >= 0.3 is 0 Å². The quantitative estimate of drug-likeness (QED) is 0.812. The molecular weight excluding hydrogens is 238 g/mol. The third-order valence-corrected chi connectivity index (χ3v) is 3.50. The van der Waals surface area contributed by atoms with Crippen LogP contribution in [0.15, 0.2) is 5.38 Å². The zero-order valence-corrected chi connectivity index (χ0v) is 11.8. The standard InChI is InChI=1S/C11H19N3S2/c1-5-9(7(2)3)13-10(15)14-11-12-8(4)6-16-11/h6-7,9H,5H2,1-4H3,(H2,12,13,14,15). The largest absolute Gasteiger partial charge is 0.359 e. The molecule has 90 valence electrons. The smallest absolute Gasteiger partial charge is 0.189 e. The average Bonchev–Trinajstić information content (AvgIpc) is 2.60. The molecular formula is C11H19N3S2. The highest BCUT2D eigenvalue weighted by Crippen LogP contribution is 2.14. The number of nitrogens with one attached hydrogen (secondary N) is 2. The number of nitrogens with zero attached hydrogens (tertiary/aromatic N) is 1. The van der Waals surface area contributed by atoms with Crippen LogP contribution in [0.1, 0.15) is 32.9 Å². The Labute approximate surface area is 107 Å². The summed E-state index contributed by atoms with van der Waals surface area (Å²) in [5, 5.41) is 9.94. The average molecular weight is 257 g/mol. The molecule has 0 saturated heterocycles. The lowest BCUT2D eigenvalue weighted by molar-refractivity contribution is 0.443. The van der Waals surface area contributed by atoms with Gasteiger partial charge in [-0.05, 0) is 31.5 Å². The maximum atomic E-state index is 5.25. The summed E-state index contributed by atoms with van der Waals surface area (Å²) in [5.74, 6) is 0.572. The van der Waals surface area contributed by atoms with Gasteiger partial charge in [-0.15, -0.1) is 11.3 Å². The molecule has 0 aliphatic heterocycles. The predicted molar refractivity (Wildman–Crippen MR) is 75.1 cm³/mol. The molecule has 0 saturated carbocycles. The molecule has 0 bridgehead atoms. The fraction of sp³-hybridized carbons (Fsp3) is 0.636. The summed E-state index contributed by atoms with van der Waals surface area (Å²) in [6.45, 7) is 8.52. The molecule has 1 unspecified atom stereocenters. The van der Waals surface area contributed by atoms with E-state index in [9.17, 15) is 0 Å². The minimum atomic E-state index is 0.418. The van der Waals surface area contributed by atoms with Crippen LogP contribution in [0.5, 0.6) is 0 Å². The van der Waals surface area contributed by atoms with Crippen LogP contribution in [0.2, 0.25) is 0 Å². The molecule has 1 aromatic rings. The van der Waals surface area contributed by atoms with Crippen molar-refractivity contribution in [3.63, 3.8) is 0 Å². The maximum Gasteiger partial charge on any atom is 0.189 e. The van der Waals surface area contributed by atoms with Gasteiger partial charge in [-0.1, -0.05) is 20.8 Å². The predicted octanol–water partition coefficient (Wildman–Crippen LogP) is 3.17. The van der Waals surface area contributed by atoms with Gasteiger partial charge in [-0.2, -0.15) is 0 Å². The van der Waals surface area contributed by atoms with E-state index < -0.39 is 0 Å². The van der Waals surface area contributed by atoms with Gasteiger partial charge in [0.25, 0.3) is 0 Å². The molecule has 5 heteroatoms. The van der Waals surface area contributed by atoms with E-state index in [0.29, 0.717) is 17.1 Å². The number of thiocarbonyl (C=S) groups is 1. The Balaban J connectivity index is 2.47. The second-order valence-corrected chi connectivity index (χ2v) is 5.42. The second-order valence-electron chi connectivity index (χ2n) is 4.15. The van der Waals surface area contributed by atoms with Crippen molar-refractivity contribution in [2.45, 2.75) is 40.2 Å². The van der Waals surface area contributed by atoms with Crippen molar-refractivity contribution in [3.05, 3.63) is 11.1 Å². The van der Waals surface area contributed by atoms with Gasteiger partial charge in [0, 0.05) is 11.4 Å². The fourth-order valence-corrected chi connectivity index (χ4v) is 2.46. The molecule has 0 aromatic carbocycles. The number of thiazole rings is 1. The summed E-state index contributed by atoms with van der Waals surface area (Å²) in [5.41, 5.74) is 1.02. The highest BCUT2D eigenvalue weighted by molar-refractivity contribution is 7.80. The van der Waals surface area contributed by atoms with E-state index in [0.717, 1.165) is 17.2 Å². The van der Waals surface area contributed by atoms with Gasteiger partial charge < -0.3 is 10.6 Å². The summed E-state index contributed by atoms with van der Waals surface area (Å²) in [6, 6.07) is 0.418. The molecule has 2 N–H and O–H groups in total. The van der Waals surface area contributed by atoms with Crippen LogP contribution in [0.4, 0.5) is 5.13 Å². The topological polar surface area (TPSA) is 37.0 Å². The summed E-state index contributed by atoms with van der Waals surface area (Å²) < 4.78 is 0. The summed E-state index contributed by atoms with van der Waals surface area (Å²) in [4.78, 5) is 4.31. The summed E-state index contributed by atoms with van der Waals surface area (Å²) in [7, 11) is 0. The van der Waals surface area contributed by atoms with Crippen LogP contribution in [-0.4, -0.2) is 16.1 Å². The van der Waals surface area contributed by atoms with Crippen molar-refractivity contribution in [1.29, 1.82) is 0 Å². The highest BCUT2D eigenvalue weighted by atomic mass is 32.1. The first-order valence-corrected chi connectivity index (χ1v) is 6.81. The molecule has 16 heavy (non-hydrogen) atoms. The van der Waals surface area contributed by atoms with Gasteiger partial charge in [0.2, 0.25) is 0 Å². The Hall–Kier alpha value is -0.680. The van der Waals surface area contributed by atoms with Crippen LogP contribution in [0.3, 0.4) is 0 Å². The summed E-state index contributed by atoms with van der Waals surface area (Å²) >= 11 is 6.82. The van der Waals surface area contributed by atoms with Gasteiger partial charge in [-0.3, -0.25) is 0 Å². The number of hydrogen-bond acceptors (Lipinski definition) is 3. The normalized spacial score (nSPS) is 12.6. The van der Waals surface area contributed by atoms with E-state index in [4.69, 9.17) is 12.2 Å². The molecule has 3 nitrogen and oxygen atoms in total. The molecule has 0 radical (unpaired) electrons. The molecule has 0 aliphatic rings. The van der Waals surface area contributed by atoms with E-state index in [1.165, 1.54) is 0 Å². The lowest BCUT2D eigenvalue weighted by Crippen LogP contribution is -2.40. The Bertz CT molecular complexity index is 347. The summed E-state index contributed by atoms with van der Waals surface area (Å²) in [6.07, 6.45) is 1.07. The Morgan fingerprint density at radius 2 is 2.25 bits per heavy atom. The first kappa shape index (κ1) is 13.4. The lowest BCUT2D eigenvalue weighted by atomic mass is 10.0. The van der Waals surface area contributed by atoms with Crippen molar-refractivity contribution >= 4 is 33.8 Å². The Morgan fingerprint density at radius 3 is 2.69 bits per heavy atom. The van der Waals surface area contributed by atoms with Gasteiger partial charge in [0.05, 0.1) is 5.69 Å². The van der Waals surface area contributed by atoms with Crippen LogP contribution in [-0.2, 0) is 0 Å². The third-order valence-electron chi connectivity index (χ3n) is 2.40. The first-order valence-electron chi connectivity index (χ1n) is 5.52. The van der Waals surface area contributed by atoms with Crippen LogP contribution < -0.4 is 10.6 Å². The van der Waals surface area contributed by atoms with E-state index >= 15 is 0 Å². The lowest BCUT2D eigenvalue weighted by Gasteiger charge is -2.22. The zero-order chi connectivity index (χ0) is 12.1. The molecule has 0 aliphatic carbocycles. The molecule has 0 amide bonds. The second kappa shape index (κ2) is 6.15. The molecule has 1 heterocycles. The van der Waals surface area contributed by atoms with E-state index in [2.05, 4.69) is 36.4 Å². The molecule has 0 fully saturated rings. The zero-order valence-electron chi connectivity index (χ0n) is 10.2. The fourth-order valence-electron chi connectivity index (χ4n) is 1.45. The van der Waals surface area contributed by atoms with Crippen molar-refractivity contribution in [1.82, 2.24) is 10.3 Å². The van der Waals surface area contributed by atoms with Crippen molar-refractivity contribution in [2.24, 2.45) is 5.92 Å². The van der Waals surface area contributed by atoms with E-state index in [1.807, 2.05) is 12.3 Å². The molecule has 1 aromatic heterocycles. The van der Waals surface area contributed by atoms with Gasteiger partial charge in [0.1, 0.15) is 0 Å². The van der Waals surface area contributed by atoms with E-state index in [-0.39, 0.29) is 0 Å². The molecule has 1 rings (SSSR count). The number of aromatic nitrogens is 1. The van der Waals surface area contributed by atoms with Crippen LogP contribution >= 0.6 is 23.6 Å². The number of rotatable bonds is 4. The third kappa shape index (κ3) is 4.06. The number of anilines is 1. The Morgan fingerprint density at radius 1 is 1.56 bits per heavy atom.